The van der Waals surface area contributed by atoms with Gasteiger partial charge in [-0.3, -0.25) is 0 Å². The third-order valence-electron chi connectivity index (χ3n) is 2.38. The molecule has 0 atom stereocenters. The van der Waals surface area contributed by atoms with Gasteiger partial charge < -0.3 is 0 Å². The van der Waals surface area contributed by atoms with Gasteiger partial charge in [0.05, 0.1) is 0 Å². The summed E-state index contributed by atoms with van der Waals surface area (Å²) in [5, 5.41) is 0. The molecule has 0 unspecified atom stereocenters. The number of allylic oxidation sites excluding steroid dienone is 9. The van der Waals surface area contributed by atoms with Gasteiger partial charge in [-0.05, 0) is 0 Å². The van der Waals surface area contributed by atoms with Gasteiger partial charge in [0.2, 0.25) is 0 Å². The molecular weight excluding hydrogens is 200 g/mol. The van der Waals surface area contributed by atoms with Crippen LogP contribution in [0.25, 0.3) is 0 Å². The second-order valence-electron chi connectivity index (χ2n) is 3.15. The Balaban J connectivity index is 2.42. The SMILES string of the molecule is C=CC1=C(C2=[C]([Fe])CC=C2)CC=C1. The van der Waals surface area contributed by atoms with E-state index in [1.807, 2.05) is 6.08 Å². The fourth-order valence-corrected chi connectivity index (χ4v) is 2.10. The van der Waals surface area contributed by atoms with Crippen molar-refractivity contribution in [2.45, 2.75) is 12.8 Å². The number of hydrogen-bond acceptors (Lipinski definition) is 0. The first-order valence-electron chi connectivity index (χ1n) is 4.39. The van der Waals surface area contributed by atoms with Crippen molar-refractivity contribution in [2.75, 3.05) is 0 Å². The fourth-order valence-electron chi connectivity index (χ4n) is 1.72. The van der Waals surface area contributed by atoms with Gasteiger partial charge in [0.25, 0.3) is 0 Å². The van der Waals surface area contributed by atoms with Crippen LogP contribution in [0.3, 0.4) is 0 Å². The van der Waals surface area contributed by atoms with E-state index in [1.54, 1.807) is 0 Å². The zero-order chi connectivity index (χ0) is 9.26. The van der Waals surface area contributed by atoms with Gasteiger partial charge in [-0.15, -0.1) is 0 Å². The van der Waals surface area contributed by atoms with E-state index >= 15 is 0 Å². The molecule has 13 heavy (non-hydrogen) atoms. The van der Waals surface area contributed by atoms with Crippen molar-refractivity contribution in [1.82, 2.24) is 0 Å². The Labute approximate surface area is 87.2 Å². The standard InChI is InChI=1S/C12H11.Fe/c1-2-10-8-5-9-12(10)11-6-3-4-7-11;/h2-3,5-6,8H,1,4,9H2;. The number of rotatable bonds is 2. The molecule has 0 radical (unpaired) electrons. The molecule has 2 aliphatic rings. The first kappa shape index (κ1) is 8.80. The van der Waals surface area contributed by atoms with Crippen molar-refractivity contribution < 1.29 is 16.0 Å². The molecule has 0 bridgehead atoms. The quantitative estimate of drug-likeness (QED) is 0.615. The van der Waals surface area contributed by atoms with Gasteiger partial charge in [0.15, 0.2) is 0 Å². The third-order valence-corrected chi connectivity index (χ3v) is 2.90. The summed E-state index contributed by atoms with van der Waals surface area (Å²) in [5.74, 6) is 0. The Morgan fingerprint density at radius 1 is 1.23 bits per heavy atom. The summed E-state index contributed by atoms with van der Waals surface area (Å²) in [7, 11) is 0. The Bertz CT molecular complexity index is 365. The maximum atomic E-state index is 4.05. The van der Waals surface area contributed by atoms with Gasteiger partial charge in [0.1, 0.15) is 0 Å². The molecule has 2 aliphatic carbocycles. The van der Waals surface area contributed by atoms with Crippen molar-refractivity contribution in [3.63, 3.8) is 0 Å². The van der Waals surface area contributed by atoms with Crippen molar-refractivity contribution in [2.24, 2.45) is 0 Å². The van der Waals surface area contributed by atoms with Gasteiger partial charge in [-0.1, -0.05) is 0 Å². The average Bonchev–Trinajstić information content (AvgIpc) is 2.71. The molecule has 0 amide bonds. The Hall–Kier alpha value is -0.781. The summed E-state index contributed by atoms with van der Waals surface area (Å²) in [6.07, 6.45) is 12.6. The van der Waals surface area contributed by atoms with Crippen LogP contribution in [0, 0.1) is 0 Å². The van der Waals surface area contributed by atoms with E-state index in [0.717, 1.165) is 12.8 Å². The zero-order valence-electron chi connectivity index (χ0n) is 7.36. The van der Waals surface area contributed by atoms with Crippen LogP contribution in [0.1, 0.15) is 12.8 Å². The van der Waals surface area contributed by atoms with Crippen LogP contribution in [0.15, 0.2) is 58.1 Å². The topological polar surface area (TPSA) is 0 Å². The maximum absolute atomic E-state index is 4.05. The summed E-state index contributed by atoms with van der Waals surface area (Å²) < 4.78 is 1.23. The van der Waals surface area contributed by atoms with E-state index in [9.17, 15) is 0 Å². The van der Waals surface area contributed by atoms with Gasteiger partial charge in [-0.25, -0.2) is 0 Å². The molecular formula is C12H11Fe. The van der Waals surface area contributed by atoms with Crippen LogP contribution in [0.2, 0.25) is 0 Å². The molecule has 67 valence electrons. The van der Waals surface area contributed by atoms with Gasteiger partial charge in [0, 0.05) is 0 Å². The van der Waals surface area contributed by atoms with Crippen molar-refractivity contribution in [3.05, 3.63) is 58.1 Å². The predicted octanol–water partition coefficient (Wildman–Crippen LogP) is 3.19. The van der Waals surface area contributed by atoms with E-state index < -0.39 is 0 Å². The van der Waals surface area contributed by atoms with Crippen LogP contribution in [0.5, 0.6) is 0 Å². The Morgan fingerprint density at radius 2 is 2.00 bits per heavy atom. The molecule has 0 aliphatic heterocycles. The van der Waals surface area contributed by atoms with E-state index in [4.69, 9.17) is 0 Å². The van der Waals surface area contributed by atoms with Crippen LogP contribution >= 0.6 is 0 Å². The molecule has 0 spiro atoms. The van der Waals surface area contributed by atoms with E-state index in [2.05, 4.69) is 46.9 Å². The molecule has 0 aromatic heterocycles. The summed E-state index contributed by atoms with van der Waals surface area (Å²) in [6.45, 7) is 3.81. The van der Waals surface area contributed by atoms with E-state index in [0.29, 0.717) is 0 Å². The van der Waals surface area contributed by atoms with Crippen LogP contribution in [0.4, 0.5) is 0 Å². The third kappa shape index (κ3) is 1.50. The van der Waals surface area contributed by atoms with Gasteiger partial charge >= 0.3 is 87.0 Å². The minimum absolute atomic E-state index is 1.00. The summed E-state index contributed by atoms with van der Waals surface area (Å²) in [4.78, 5) is 0. The van der Waals surface area contributed by atoms with Crippen molar-refractivity contribution in [3.8, 4) is 0 Å². The monoisotopic (exact) mass is 211 g/mol. The summed E-state index contributed by atoms with van der Waals surface area (Å²) >= 11 is 4.05. The van der Waals surface area contributed by atoms with Crippen LogP contribution in [-0.4, -0.2) is 0 Å². The summed E-state index contributed by atoms with van der Waals surface area (Å²) in [5.41, 5.74) is 3.95. The van der Waals surface area contributed by atoms with Crippen molar-refractivity contribution in [1.29, 1.82) is 0 Å². The Morgan fingerprint density at radius 3 is 2.62 bits per heavy atom. The van der Waals surface area contributed by atoms with Crippen molar-refractivity contribution >= 4 is 0 Å². The first-order valence-corrected chi connectivity index (χ1v) is 4.94. The fraction of sp³-hybridized carbons (Fsp3) is 0.167. The molecule has 0 fully saturated rings. The molecule has 0 aromatic carbocycles. The molecule has 0 saturated heterocycles. The predicted molar refractivity (Wildman–Crippen MR) is 51.8 cm³/mol. The molecule has 0 N–H and O–H groups in total. The van der Waals surface area contributed by atoms with Gasteiger partial charge in [-0.2, -0.15) is 0 Å². The van der Waals surface area contributed by atoms with Crippen LogP contribution in [-0.2, 0) is 16.0 Å². The molecule has 0 heterocycles. The second kappa shape index (κ2) is 3.53. The molecule has 0 saturated carbocycles. The zero-order valence-corrected chi connectivity index (χ0v) is 8.47. The van der Waals surface area contributed by atoms with E-state index in [-0.39, 0.29) is 0 Å². The Kier molecular flexibility index (Phi) is 2.39. The number of hydrogen-bond donors (Lipinski definition) is 0. The molecule has 2 rings (SSSR count). The molecule has 0 nitrogen and oxygen atoms in total. The minimum atomic E-state index is 1.00. The first-order chi connectivity index (χ1) is 6.33. The summed E-state index contributed by atoms with van der Waals surface area (Å²) in [6, 6.07) is 0. The molecule has 1 heteroatoms. The normalized spacial score (nSPS) is 20.7. The van der Waals surface area contributed by atoms with E-state index in [1.165, 1.54) is 21.2 Å². The molecule has 0 aromatic rings. The second-order valence-corrected chi connectivity index (χ2v) is 3.82. The average molecular weight is 211 g/mol. The van der Waals surface area contributed by atoms with Crippen LogP contribution < -0.4 is 0 Å².